The first-order valence-corrected chi connectivity index (χ1v) is 7.36. The molecule has 0 radical (unpaired) electrons. The second-order valence-corrected chi connectivity index (χ2v) is 5.16. The minimum Gasteiger partial charge on any atom is -0.475 e. The maximum absolute atomic E-state index is 11.0. The fourth-order valence-electron chi connectivity index (χ4n) is 2.36. The summed E-state index contributed by atoms with van der Waals surface area (Å²) in [6.45, 7) is 2.91. The second-order valence-electron chi connectivity index (χ2n) is 5.16. The molecule has 0 aliphatic carbocycles. The number of nitrogens with zero attached hydrogens (tertiary/aromatic N) is 3. The van der Waals surface area contributed by atoms with Crippen molar-refractivity contribution < 1.29 is 32.7 Å². The zero-order chi connectivity index (χ0) is 19.3. The van der Waals surface area contributed by atoms with Crippen molar-refractivity contribution >= 4 is 28.2 Å². The highest BCUT2D eigenvalue weighted by Crippen LogP contribution is 2.32. The molecule has 1 fully saturated rings. The number of carbonyl (C=O) groups is 1. The Balaban J connectivity index is 0.000000298. The van der Waals surface area contributed by atoms with Crippen LogP contribution in [0.2, 0.25) is 0 Å². The Labute approximate surface area is 145 Å². The molecular weight excluding hydrogens is 359 g/mol. The second kappa shape index (κ2) is 7.95. The monoisotopic (exact) mass is 373 g/mol. The Morgan fingerprint density at radius 3 is 2.42 bits per heavy atom. The first-order valence-electron chi connectivity index (χ1n) is 7.36. The van der Waals surface area contributed by atoms with Crippen molar-refractivity contribution in [3.05, 3.63) is 40.6 Å². The Morgan fingerprint density at radius 1 is 1.27 bits per heavy atom. The number of nitro groups is 1. The number of hydrogen-bond acceptors (Lipinski definition) is 6. The lowest BCUT2D eigenvalue weighted by Gasteiger charge is -2.29. The molecule has 1 aliphatic heterocycles. The number of aromatic nitrogens is 1. The van der Waals surface area contributed by atoms with Gasteiger partial charge in [-0.05, 0) is 18.2 Å². The van der Waals surface area contributed by atoms with Gasteiger partial charge in [-0.1, -0.05) is 0 Å². The van der Waals surface area contributed by atoms with Crippen LogP contribution in [0.1, 0.15) is 0 Å². The van der Waals surface area contributed by atoms with E-state index in [1.165, 1.54) is 0 Å². The number of alkyl halides is 3. The number of hydrogen-bond donors (Lipinski definition) is 1. The summed E-state index contributed by atoms with van der Waals surface area (Å²) in [5, 5.41) is 18.8. The van der Waals surface area contributed by atoms with Crippen LogP contribution < -0.4 is 4.90 Å². The Hall–Kier alpha value is -2.95. The molecule has 0 saturated carbocycles. The molecule has 0 spiro atoms. The van der Waals surface area contributed by atoms with E-state index in [2.05, 4.69) is 9.88 Å². The quantitative estimate of drug-likeness (QED) is 0.637. The largest absolute Gasteiger partial charge is 0.490 e. The summed E-state index contributed by atoms with van der Waals surface area (Å²) < 4.78 is 37.1. The minimum absolute atomic E-state index is 0.0973. The van der Waals surface area contributed by atoms with Crippen LogP contribution in [0, 0.1) is 10.1 Å². The van der Waals surface area contributed by atoms with Crippen molar-refractivity contribution in [2.75, 3.05) is 31.2 Å². The zero-order valence-electron chi connectivity index (χ0n) is 13.3. The topological polar surface area (TPSA) is 106 Å². The third-order valence-corrected chi connectivity index (χ3v) is 3.52. The Bertz CT molecular complexity index is 807. The van der Waals surface area contributed by atoms with Crippen LogP contribution in [0.5, 0.6) is 0 Å². The lowest BCUT2D eigenvalue weighted by molar-refractivity contribution is -0.383. The van der Waals surface area contributed by atoms with Crippen molar-refractivity contribution in [1.29, 1.82) is 0 Å². The summed E-state index contributed by atoms with van der Waals surface area (Å²) >= 11 is 0. The van der Waals surface area contributed by atoms with Gasteiger partial charge in [0.2, 0.25) is 0 Å². The molecule has 1 aliphatic rings. The highest BCUT2D eigenvalue weighted by Gasteiger charge is 2.38. The standard InChI is InChI=1S/C13H13N3O3.C2HF3O2/c17-16(18)11-3-4-12(15-6-8-19-9-7-15)13-10(11)2-1-5-14-13;3-2(4,5)1(6)7/h1-5H,6-9H2;(H,6,7). The van der Waals surface area contributed by atoms with Gasteiger partial charge in [-0.3, -0.25) is 15.1 Å². The van der Waals surface area contributed by atoms with Gasteiger partial charge in [0.1, 0.15) is 5.52 Å². The number of benzene rings is 1. The number of non-ortho nitro benzene ring substituents is 1. The number of carboxylic acids is 1. The van der Waals surface area contributed by atoms with Gasteiger partial charge in [-0.25, -0.2) is 4.79 Å². The van der Waals surface area contributed by atoms with Crippen LogP contribution >= 0.6 is 0 Å². The van der Waals surface area contributed by atoms with Gasteiger partial charge in [0.05, 0.1) is 29.2 Å². The van der Waals surface area contributed by atoms with Crippen molar-refractivity contribution in [2.24, 2.45) is 0 Å². The number of halogens is 3. The average Bonchev–Trinajstić information content (AvgIpc) is 2.61. The van der Waals surface area contributed by atoms with E-state index in [0.717, 1.165) is 18.8 Å². The molecule has 1 aromatic carbocycles. The van der Waals surface area contributed by atoms with Gasteiger partial charge in [0.15, 0.2) is 0 Å². The number of nitro benzene ring substituents is 1. The molecule has 1 aromatic heterocycles. The molecule has 1 N–H and O–H groups in total. The fourth-order valence-corrected chi connectivity index (χ4v) is 2.36. The predicted octanol–water partition coefficient (Wildman–Crippen LogP) is 2.61. The van der Waals surface area contributed by atoms with Crippen LogP contribution in [-0.4, -0.2) is 53.5 Å². The summed E-state index contributed by atoms with van der Waals surface area (Å²) in [5.41, 5.74) is 1.71. The number of pyridine rings is 1. The number of carboxylic acid groups (broad SMARTS) is 1. The van der Waals surface area contributed by atoms with E-state index >= 15 is 0 Å². The number of ether oxygens (including phenoxy) is 1. The molecule has 0 bridgehead atoms. The van der Waals surface area contributed by atoms with Crippen LogP contribution in [0.4, 0.5) is 24.5 Å². The molecule has 140 valence electrons. The molecule has 3 rings (SSSR count). The van der Waals surface area contributed by atoms with Gasteiger partial charge >= 0.3 is 12.1 Å². The third-order valence-electron chi connectivity index (χ3n) is 3.52. The Kier molecular flexibility index (Phi) is 5.93. The summed E-state index contributed by atoms with van der Waals surface area (Å²) in [6.07, 6.45) is -3.42. The highest BCUT2D eigenvalue weighted by molar-refractivity contribution is 5.97. The van der Waals surface area contributed by atoms with Gasteiger partial charge in [0, 0.05) is 25.4 Å². The van der Waals surface area contributed by atoms with Crippen molar-refractivity contribution in [3.63, 3.8) is 0 Å². The van der Waals surface area contributed by atoms with Crippen LogP contribution in [-0.2, 0) is 9.53 Å². The van der Waals surface area contributed by atoms with Crippen molar-refractivity contribution in [1.82, 2.24) is 4.98 Å². The predicted molar refractivity (Wildman–Crippen MR) is 85.1 cm³/mol. The van der Waals surface area contributed by atoms with Gasteiger partial charge < -0.3 is 14.7 Å². The molecule has 0 unspecified atom stereocenters. The molecule has 2 heterocycles. The van der Waals surface area contributed by atoms with E-state index in [1.54, 1.807) is 30.5 Å². The molecule has 0 amide bonds. The molecule has 11 heteroatoms. The summed E-state index contributed by atoms with van der Waals surface area (Å²) in [5.74, 6) is -2.76. The van der Waals surface area contributed by atoms with Gasteiger partial charge in [-0.15, -0.1) is 0 Å². The minimum atomic E-state index is -5.08. The highest BCUT2D eigenvalue weighted by atomic mass is 19.4. The molecule has 1 saturated heterocycles. The molecule has 2 aromatic rings. The number of aliphatic carboxylic acids is 1. The van der Waals surface area contributed by atoms with E-state index in [1.807, 2.05) is 0 Å². The zero-order valence-corrected chi connectivity index (χ0v) is 13.3. The van der Waals surface area contributed by atoms with E-state index < -0.39 is 12.1 Å². The number of rotatable bonds is 2. The van der Waals surface area contributed by atoms with E-state index in [9.17, 15) is 23.3 Å². The summed E-state index contributed by atoms with van der Waals surface area (Å²) in [7, 11) is 0. The number of fused-ring (bicyclic) bond motifs is 1. The first-order chi connectivity index (χ1) is 12.2. The van der Waals surface area contributed by atoms with Crippen molar-refractivity contribution in [2.45, 2.75) is 6.18 Å². The average molecular weight is 373 g/mol. The van der Waals surface area contributed by atoms with E-state index in [-0.39, 0.29) is 10.6 Å². The Morgan fingerprint density at radius 2 is 1.88 bits per heavy atom. The van der Waals surface area contributed by atoms with Crippen molar-refractivity contribution in [3.8, 4) is 0 Å². The lowest BCUT2D eigenvalue weighted by Crippen LogP contribution is -2.36. The summed E-state index contributed by atoms with van der Waals surface area (Å²) in [6, 6.07) is 6.79. The molecule has 26 heavy (non-hydrogen) atoms. The number of anilines is 1. The van der Waals surface area contributed by atoms with E-state index in [4.69, 9.17) is 14.6 Å². The molecule has 8 nitrogen and oxygen atoms in total. The smallest absolute Gasteiger partial charge is 0.475 e. The molecule has 0 atom stereocenters. The SMILES string of the molecule is O=C(O)C(F)(F)F.O=[N+]([O-])c1ccc(N2CCOCC2)c2ncccc12. The lowest BCUT2D eigenvalue weighted by atomic mass is 10.1. The van der Waals surface area contributed by atoms with Crippen LogP contribution in [0.15, 0.2) is 30.5 Å². The third kappa shape index (κ3) is 4.57. The molecular formula is C15H14F3N3O5. The number of morpholine rings is 1. The van der Waals surface area contributed by atoms with Crippen LogP contribution in [0.3, 0.4) is 0 Å². The van der Waals surface area contributed by atoms with Gasteiger partial charge in [-0.2, -0.15) is 13.2 Å². The maximum atomic E-state index is 11.0. The fraction of sp³-hybridized carbons (Fsp3) is 0.333. The van der Waals surface area contributed by atoms with E-state index in [0.29, 0.717) is 24.1 Å². The normalized spacial score (nSPS) is 14.5. The maximum Gasteiger partial charge on any atom is 0.490 e. The van der Waals surface area contributed by atoms with Crippen LogP contribution in [0.25, 0.3) is 10.9 Å². The summed E-state index contributed by atoms with van der Waals surface area (Å²) in [4.78, 5) is 26.0. The first kappa shape index (κ1) is 19.4. The van der Waals surface area contributed by atoms with Gasteiger partial charge in [0.25, 0.3) is 5.69 Å².